The molecule has 1 atom stereocenters. The lowest BCUT2D eigenvalue weighted by atomic mass is 9.85. The van der Waals surface area contributed by atoms with Gasteiger partial charge in [-0.3, -0.25) is 23.2 Å². The van der Waals surface area contributed by atoms with Gasteiger partial charge in [-0.15, -0.1) is 0 Å². The monoisotopic (exact) mass is 915 g/mol. The molecule has 1 fully saturated rings. The molecule has 13 rings (SSSR count). The number of amides is 1. The van der Waals surface area contributed by atoms with Gasteiger partial charge in [0.15, 0.2) is 0 Å². The minimum atomic E-state index is -0.0451. The molecular formula is C62H53N5O3. The lowest BCUT2D eigenvalue weighted by Crippen LogP contribution is -2.42. The Kier molecular flexibility index (Phi) is 9.98. The highest BCUT2D eigenvalue weighted by Crippen LogP contribution is 2.53. The summed E-state index contributed by atoms with van der Waals surface area (Å²) in [6.45, 7) is 4.45. The smallest absolute Gasteiger partial charge is 0.261 e. The van der Waals surface area contributed by atoms with Crippen LogP contribution in [-0.2, 0) is 30.5 Å². The normalized spacial score (nSPS) is 17.9. The fraction of sp³-hybridized carbons (Fsp3) is 0.242. The predicted molar refractivity (Wildman–Crippen MR) is 279 cm³/mol. The molecule has 5 aliphatic rings. The second kappa shape index (κ2) is 16.5. The maximum Gasteiger partial charge on any atom is 0.261 e. The van der Waals surface area contributed by atoms with Gasteiger partial charge in [0.1, 0.15) is 11.3 Å². The van der Waals surface area contributed by atoms with Crippen LogP contribution in [0, 0.1) is 5.41 Å². The minimum absolute atomic E-state index is 0.0202. The molecule has 4 aliphatic carbocycles. The Morgan fingerprint density at radius 3 is 1.49 bits per heavy atom. The van der Waals surface area contributed by atoms with E-state index in [1.54, 1.807) is 8.80 Å². The number of rotatable bonds is 8. The molecule has 0 saturated heterocycles. The summed E-state index contributed by atoms with van der Waals surface area (Å²) < 4.78 is 3.39. The highest BCUT2D eigenvalue weighted by molar-refractivity contribution is 5.98. The summed E-state index contributed by atoms with van der Waals surface area (Å²) in [5.41, 5.74) is 19.8. The average Bonchev–Trinajstić information content (AvgIpc) is 3.74. The highest BCUT2D eigenvalue weighted by atomic mass is 16.2. The van der Waals surface area contributed by atoms with E-state index in [0.29, 0.717) is 11.3 Å². The number of benzene rings is 4. The molecule has 0 spiro atoms. The molecule has 8 aromatic rings. The molecule has 1 saturated carbocycles. The van der Waals surface area contributed by atoms with E-state index in [1.807, 2.05) is 29.4 Å². The largest absolute Gasteiger partial charge is 0.308 e. The molecule has 1 aliphatic heterocycles. The number of hydrogen-bond donors (Lipinski definition) is 0. The number of carbonyl (C=O) groups is 1. The van der Waals surface area contributed by atoms with Gasteiger partial charge in [0.25, 0.3) is 17.0 Å². The van der Waals surface area contributed by atoms with Gasteiger partial charge in [0, 0.05) is 35.3 Å². The Morgan fingerprint density at radius 1 is 0.557 bits per heavy atom. The molecule has 4 aromatic heterocycles. The Bertz CT molecular complexity index is 3600. The number of allylic oxidation sites excluding steroid dienone is 3. The standard InChI is InChI=1S/C62H53N5O3/c1-38-12-9-19-45(38)59(68)65-29-24-39(35-56(65)62(2)27-28-62)46-13-3-6-16-49(46)42-32-43(50-17-7-4-14-47(50)40-25-30-66-57(36-40)63-54-22-10-20-52(54)60(66)69)34-44(33-42)51-18-8-5-15-48(51)41-26-31-67-58(37-41)64-55-23-11-21-53(55)61(67)70/h3-8,13-18,24-26,29-37,56H,9-12,19-23,27-28H2,1-2H3. The summed E-state index contributed by atoms with van der Waals surface area (Å²) in [6, 6.07) is 40.8. The Morgan fingerprint density at radius 2 is 1.01 bits per heavy atom. The van der Waals surface area contributed by atoms with Crippen molar-refractivity contribution < 1.29 is 4.79 Å². The molecule has 0 bridgehead atoms. The Labute approximate surface area is 407 Å². The molecule has 0 radical (unpaired) electrons. The summed E-state index contributed by atoms with van der Waals surface area (Å²) in [4.78, 5) is 53.4. The third kappa shape index (κ3) is 7.06. The second-order valence-electron chi connectivity index (χ2n) is 20.5. The van der Waals surface area contributed by atoms with E-state index in [-0.39, 0.29) is 28.5 Å². The SMILES string of the molecule is CC1=C(C(=O)N2C=CC(c3ccccc3-c3cc(-c4ccccc4-c4ccn5c(=O)c6c(nc5c4)CCC6)cc(-c4ccccc4-c4ccn5c(=O)c6c(nc5c4)CCC6)c3)=CC2C2(C)CC2)CCC1. The molecule has 8 nitrogen and oxygen atoms in total. The van der Waals surface area contributed by atoms with Crippen molar-refractivity contribution in [3.63, 3.8) is 0 Å². The van der Waals surface area contributed by atoms with Crippen molar-refractivity contribution >= 4 is 22.8 Å². The zero-order valence-corrected chi connectivity index (χ0v) is 39.7. The Balaban J connectivity index is 0.980. The van der Waals surface area contributed by atoms with E-state index >= 15 is 0 Å². The molecule has 344 valence electrons. The quantitative estimate of drug-likeness (QED) is 0.151. The summed E-state index contributed by atoms with van der Waals surface area (Å²) in [5, 5.41) is 0. The maximum absolute atomic E-state index is 14.2. The summed E-state index contributed by atoms with van der Waals surface area (Å²) in [6.07, 6.45) is 20.5. The molecule has 1 amide bonds. The van der Waals surface area contributed by atoms with E-state index in [4.69, 9.17) is 9.97 Å². The van der Waals surface area contributed by atoms with Crippen LogP contribution in [0.5, 0.6) is 0 Å². The first-order valence-electron chi connectivity index (χ1n) is 25.1. The van der Waals surface area contributed by atoms with Gasteiger partial charge >= 0.3 is 0 Å². The molecular weight excluding hydrogens is 863 g/mol. The van der Waals surface area contributed by atoms with Gasteiger partial charge in [-0.05, 0) is 198 Å². The van der Waals surface area contributed by atoms with Gasteiger partial charge in [0.05, 0.1) is 17.4 Å². The Hall–Kier alpha value is -7.71. The molecule has 4 aromatic carbocycles. The van der Waals surface area contributed by atoms with Crippen molar-refractivity contribution in [3.8, 4) is 55.6 Å². The summed E-state index contributed by atoms with van der Waals surface area (Å²) >= 11 is 0. The van der Waals surface area contributed by atoms with E-state index in [1.165, 1.54) is 5.57 Å². The number of aromatic nitrogens is 4. The number of carbonyl (C=O) groups excluding carboxylic acids is 1. The van der Waals surface area contributed by atoms with Crippen molar-refractivity contribution in [1.82, 2.24) is 23.7 Å². The summed E-state index contributed by atoms with van der Waals surface area (Å²) in [7, 11) is 0. The van der Waals surface area contributed by atoms with Crippen molar-refractivity contribution in [2.45, 2.75) is 90.5 Å². The fourth-order valence-electron chi connectivity index (χ4n) is 11.9. The van der Waals surface area contributed by atoms with E-state index in [0.717, 1.165) is 165 Å². The van der Waals surface area contributed by atoms with Crippen LogP contribution in [0.4, 0.5) is 0 Å². The third-order valence-corrected chi connectivity index (χ3v) is 16.1. The first kappa shape index (κ1) is 42.4. The van der Waals surface area contributed by atoms with Gasteiger partial charge < -0.3 is 4.90 Å². The number of hydrogen-bond acceptors (Lipinski definition) is 5. The molecule has 1 unspecified atom stereocenters. The van der Waals surface area contributed by atoms with Crippen molar-refractivity contribution in [2.24, 2.45) is 5.41 Å². The van der Waals surface area contributed by atoms with Crippen LogP contribution < -0.4 is 11.1 Å². The topological polar surface area (TPSA) is 89.0 Å². The average molecular weight is 916 g/mol. The van der Waals surface area contributed by atoms with Crippen LogP contribution in [0.1, 0.15) is 86.9 Å². The first-order chi connectivity index (χ1) is 34.2. The highest BCUT2D eigenvalue weighted by Gasteiger charge is 2.48. The summed E-state index contributed by atoms with van der Waals surface area (Å²) in [5.74, 6) is 0.152. The van der Waals surface area contributed by atoms with Crippen molar-refractivity contribution in [3.05, 3.63) is 206 Å². The first-order valence-corrected chi connectivity index (χ1v) is 25.1. The van der Waals surface area contributed by atoms with Crippen molar-refractivity contribution in [2.75, 3.05) is 0 Å². The van der Waals surface area contributed by atoms with Crippen LogP contribution in [0.15, 0.2) is 167 Å². The number of pyridine rings is 2. The molecule has 8 heteroatoms. The number of fused-ring (bicyclic) bond motifs is 4. The van der Waals surface area contributed by atoms with Gasteiger partial charge in [-0.2, -0.15) is 0 Å². The zero-order valence-electron chi connectivity index (χ0n) is 39.7. The molecule has 0 N–H and O–H groups in total. The van der Waals surface area contributed by atoms with Crippen LogP contribution in [0.25, 0.3) is 72.5 Å². The number of aryl methyl sites for hydroxylation is 2. The minimum Gasteiger partial charge on any atom is -0.308 e. The van der Waals surface area contributed by atoms with Crippen LogP contribution in [0.3, 0.4) is 0 Å². The molecule has 5 heterocycles. The van der Waals surface area contributed by atoms with Crippen LogP contribution >= 0.6 is 0 Å². The van der Waals surface area contributed by atoms with Gasteiger partial charge in [-0.1, -0.05) is 91.4 Å². The maximum atomic E-state index is 14.2. The lowest BCUT2D eigenvalue weighted by Gasteiger charge is -2.35. The van der Waals surface area contributed by atoms with Gasteiger partial charge in [0.2, 0.25) is 0 Å². The van der Waals surface area contributed by atoms with Crippen LogP contribution in [-0.4, -0.2) is 35.6 Å². The van der Waals surface area contributed by atoms with E-state index in [9.17, 15) is 14.4 Å². The van der Waals surface area contributed by atoms with Crippen molar-refractivity contribution in [1.29, 1.82) is 0 Å². The van der Waals surface area contributed by atoms with E-state index in [2.05, 4.69) is 135 Å². The van der Waals surface area contributed by atoms with Gasteiger partial charge in [-0.25, -0.2) is 9.97 Å². The second-order valence-corrected chi connectivity index (χ2v) is 20.5. The predicted octanol–water partition coefficient (Wildman–Crippen LogP) is 12.4. The number of nitrogens with zero attached hydrogens (tertiary/aromatic N) is 5. The fourth-order valence-corrected chi connectivity index (χ4v) is 11.9. The van der Waals surface area contributed by atoms with E-state index < -0.39 is 0 Å². The van der Waals surface area contributed by atoms with Crippen LogP contribution in [0.2, 0.25) is 0 Å². The third-order valence-electron chi connectivity index (χ3n) is 16.1. The zero-order chi connectivity index (χ0) is 47.3. The lowest BCUT2D eigenvalue weighted by molar-refractivity contribution is -0.126. The molecule has 70 heavy (non-hydrogen) atoms.